The van der Waals surface area contributed by atoms with E-state index in [-0.39, 0.29) is 16.7 Å². The number of hydrogen-bond acceptors (Lipinski definition) is 4. The van der Waals surface area contributed by atoms with Crippen LogP contribution in [0.25, 0.3) is 5.65 Å². The molecule has 7 nitrogen and oxygen atoms in total. The van der Waals surface area contributed by atoms with Gasteiger partial charge in [-0.3, -0.25) is 4.40 Å². The predicted octanol–water partition coefficient (Wildman–Crippen LogP) is 2.00. The first kappa shape index (κ1) is 15.6. The van der Waals surface area contributed by atoms with Crippen LogP contribution in [0.2, 0.25) is 5.15 Å². The maximum atomic E-state index is 12.7. The summed E-state index contributed by atoms with van der Waals surface area (Å²) in [6.07, 6.45) is 6.72. The van der Waals surface area contributed by atoms with Gasteiger partial charge in [-0.25, -0.2) is 23.1 Å². The van der Waals surface area contributed by atoms with Gasteiger partial charge in [-0.15, -0.1) is 0 Å². The number of imidazole rings is 2. The van der Waals surface area contributed by atoms with Gasteiger partial charge in [-0.05, 0) is 25.0 Å². The van der Waals surface area contributed by atoms with Crippen molar-refractivity contribution in [2.45, 2.75) is 37.4 Å². The van der Waals surface area contributed by atoms with E-state index in [2.05, 4.69) is 19.3 Å². The summed E-state index contributed by atoms with van der Waals surface area (Å²) >= 11 is 6.05. The van der Waals surface area contributed by atoms with Crippen molar-refractivity contribution < 1.29 is 8.42 Å². The highest BCUT2D eigenvalue weighted by molar-refractivity contribution is 7.89. The second-order valence-electron chi connectivity index (χ2n) is 5.76. The highest BCUT2D eigenvalue weighted by Gasteiger charge is 2.24. The number of rotatable bonds is 4. The number of aromatic nitrogens is 4. The number of halogens is 1. The molecule has 3 aromatic rings. The topological polar surface area (TPSA) is 81.3 Å². The molecule has 0 aromatic carbocycles. The van der Waals surface area contributed by atoms with E-state index in [0.717, 1.165) is 31.6 Å². The maximum absolute atomic E-state index is 12.7. The summed E-state index contributed by atoms with van der Waals surface area (Å²) in [7, 11) is -3.80. The second-order valence-corrected chi connectivity index (χ2v) is 7.80. The van der Waals surface area contributed by atoms with Crippen LogP contribution in [0.15, 0.2) is 35.6 Å². The Balaban J connectivity index is 1.61. The van der Waals surface area contributed by atoms with Gasteiger partial charge in [0.2, 0.25) is 0 Å². The average molecular weight is 366 g/mol. The zero-order valence-electron chi connectivity index (χ0n) is 12.8. The van der Waals surface area contributed by atoms with Gasteiger partial charge < -0.3 is 4.57 Å². The fourth-order valence-corrected chi connectivity index (χ4v) is 4.62. The molecule has 24 heavy (non-hydrogen) atoms. The van der Waals surface area contributed by atoms with Crippen molar-refractivity contribution in [2.24, 2.45) is 0 Å². The number of nitrogens with one attached hydrogen (secondary N) is 1. The van der Waals surface area contributed by atoms with E-state index < -0.39 is 10.0 Å². The van der Waals surface area contributed by atoms with Crippen LogP contribution in [-0.2, 0) is 29.5 Å². The lowest BCUT2D eigenvalue weighted by molar-refractivity contribution is 0.522. The maximum Gasteiger partial charge on any atom is 0.260 e. The molecule has 0 amide bonds. The van der Waals surface area contributed by atoms with Crippen molar-refractivity contribution in [1.82, 2.24) is 23.7 Å². The molecule has 1 N–H and O–H groups in total. The number of sulfonamides is 1. The zero-order chi connectivity index (χ0) is 16.7. The number of nitrogens with zero attached hydrogens (tertiary/aromatic N) is 4. The molecule has 3 aromatic heterocycles. The number of aryl methyl sites for hydroxylation is 2. The quantitative estimate of drug-likeness (QED) is 0.766. The fourth-order valence-electron chi connectivity index (χ4n) is 2.98. The summed E-state index contributed by atoms with van der Waals surface area (Å²) in [6.45, 7) is 1.06. The van der Waals surface area contributed by atoms with E-state index in [1.807, 2.05) is 6.20 Å². The van der Waals surface area contributed by atoms with Crippen LogP contribution in [0.3, 0.4) is 0 Å². The van der Waals surface area contributed by atoms with Gasteiger partial charge in [0.25, 0.3) is 10.0 Å². The number of hydrogen-bond donors (Lipinski definition) is 1. The van der Waals surface area contributed by atoms with Crippen LogP contribution in [-0.4, -0.2) is 27.4 Å². The molecule has 0 radical (unpaired) electrons. The zero-order valence-corrected chi connectivity index (χ0v) is 14.4. The van der Waals surface area contributed by atoms with E-state index in [0.29, 0.717) is 11.3 Å². The first-order chi connectivity index (χ1) is 11.5. The molecular weight excluding hydrogens is 350 g/mol. The molecule has 0 saturated carbocycles. The van der Waals surface area contributed by atoms with Crippen LogP contribution in [0, 0.1) is 0 Å². The van der Waals surface area contributed by atoms with Gasteiger partial charge in [-0.1, -0.05) is 17.7 Å². The van der Waals surface area contributed by atoms with Crippen LogP contribution in [0.5, 0.6) is 0 Å². The monoisotopic (exact) mass is 365 g/mol. The highest BCUT2D eigenvalue weighted by Crippen LogP contribution is 2.22. The first-order valence-corrected chi connectivity index (χ1v) is 9.58. The second kappa shape index (κ2) is 5.87. The molecule has 9 heteroatoms. The average Bonchev–Trinajstić information content (AvgIpc) is 3.12. The van der Waals surface area contributed by atoms with Crippen LogP contribution in [0.1, 0.15) is 24.4 Å². The molecule has 1 aliphatic heterocycles. The fraction of sp³-hybridized carbons (Fsp3) is 0.333. The Kier molecular flexibility index (Phi) is 3.82. The minimum Gasteiger partial charge on any atom is -0.335 e. The molecule has 4 heterocycles. The highest BCUT2D eigenvalue weighted by atomic mass is 35.5. The van der Waals surface area contributed by atoms with Crippen molar-refractivity contribution >= 4 is 27.3 Å². The van der Waals surface area contributed by atoms with E-state index in [1.165, 1.54) is 4.40 Å². The molecule has 0 atom stereocenters. The Morgan fingerprint density at radius 2 is 2.12 bits per heavy atom. The number of pyridine rings is 1. The van der Waals surface area contributed by atoms with Gasteiger partial charge in [0.15, 0.2) is 10.2 Å². The molecule has 0 aliphatic carbocycles. The predicted molar refractivity (Wildman–Crippen MR) is 89.4 cm³/mol. The first-order valence-electron chi connectivity index (χ1n) is 7.72. The molecule has 4 rings (SSSR count). The van der Waals surface area contributed by atoms with Crippen LogP contribution >= 0.6 is 11.6 Å². The Labute approximate surface area is 144 Å². The van der Waals surface area contributed by atoms with Crippen molar-refractivity contribution in [2.75, 3.05) is 0 Å². The molecule has 1 aliphatic rings. The Morgan fingerprint density at radius 3 is 2.96 bits per heavy atom. The number of fused-ring (bicyclic) bond motifs is 2. The van der Waals surface area contributed by atoms with E-state index >= 15 is 0 Å². The third-order valence-corrected chi connectivity index (χ3v) is 5.90. The van der Waals surface area contributed by atoms with E-state index in [9.17, 15) is 8.42 Å². The molecule has 0 saturated heterocycles. The van der Waals surface area contributed by atoms with Crippen molar-refractivity contribution in [3.05, 3.63) is 47.3 Å². The van der Waals surface area contributed by atoms with Crippen LogP contribution in [0.4, 0.5) is 0 Å². The standard InChI is InChI=1S/C15H16ClN5O2S/c16-14-15(21-8-4-2-6-13(21)19-14)24(22,23)17-9-11-10-20-7-3-1-5-12(20)18-11/h2,4,6,8,10,17H,1,3,5,7,9H2. The molecule has 126 valence electrons. The van der Waals surface area contributed by atoms with Crippen molar-refractivity contribution in [1.29, 1.82) is 0 Å². The Hall–Kier alpha value is -1.90. The SMILES string of the molecule is O=S(=O)(NCc1cn2c(n1)CCCC2)c1c(Cl)nc2ccccn12. The third-order valence-electron chi connectivity index (χ3n) is 4.10. The lowest BCUT2D eigenvalue weighted by Crippen LogP contribution is -2.25. The third kappa shape index (κ3) is 2.70. The molecule has 0 fully saturated rings. The van der Waals surface area contributed by atoms with Crippen molar-refractivity contribution in [3.63, 3.8) is 0 Å². The molecule has 0 unspecified atom stereocenters. The smallest absolute Gasteiger partial charge is 0.260 e. The van der Waals surface area contributed by atoms with Gasteiger partial charge in [0.1, 0.15) is 11.5 Å². The molecule has 0 bridgehead atoms. The van der Waals surface area contributed by atoms with Gasteiger partial charge in [0.05, 0.1) is 12.2 Å². The summed E-state index contributed by atoms with van der Waals surface area (Å²) in [5.74, 6) is 1.02. The van der Waals surface area contributed by atoms with Gasteiger partial charge in [0, 0.05) is 25.4 Å². The minimum absolute atomic E-state index is 0.0437. The lowest BCUT2D eigenvalue weighted by atomic mass is 10.2. The van der Waals surface area contributed by atoms with E-state index in [4.69, 9.17) is 11.6 Å². The summed E-state index contributed by atoms with van der Waals surface area (Å²) < 4.78 is 31.4. The van der Waals surface area contributed by atoms with Crippen LogP contribution < -0.4 is 4.72 Å². The summed E-state index contributed by atoms with van der Waals surface area (Å²) in [4.78, 5) is 8.58. The molecular formula is C15H16ClN5O2S. The lowest BCUT2D eigenvalue weighted by Gasteiger charge is -2.11. The van der Waals surface area contributed by atoms with E-state index in [1.54, 1.807) is 24.4 Å². The molecule has 0 spiro atoms. The Morgan fingerprint density at radius 1 is 1.25 bits per heavy atom. The van der Waals surface area contributed by atoms with Gasteiger partial charge >= 0.3 is 0 Å². The Bertz CT molecular complexity index is 985. The van der Waals surface area contributed by atoms with Gasteiger partial charge in [-0.2, -0.15) is 0 Å². The summed E-state index contributed by atoms with van der Waals surface area (Å²) in [5, 5.41) is -0.0958. The summed E-state index contributed by atoms with van der Waals surface area (Å²) in [5.41, 5.74) is 1.20. The largest absolute Gasteiger partial charge is 0.335 e. The minimum atomic E-state index is -3.80. The van der Waals surface area contributed by atoms with Crippen molar-refractivity contribution in [3.8, 4) is 0 Å². The summed E-state index contributed by atoms with van der Waals surface area (Å²) in [6, 6.07) is 5.21. The normalized spacial score (nSPS) is 14.9.